The van der Waals surface area contributed by atoms with E-state index in [1.807, 2.05) is 24.3 Å². The van der Waals surface area contributed by atoms with Gasteiger partial charge in [0, 0.05) is 17.6 Å². The summed E-state index contributed by atoms with van der Waals surface area (Å²) >= 11 is 11.8. The van der Waals surface area contributed by atoms with Crippen molar-refractivity contribution in [2.45, 2.75) is 13.2 Å². The second-order valence-electron chi connectivity index (χ2n) is 4.57. The molecule has 116 valence electrons. The number of aliphatic hydroxyl groups is 1. The van der Waals surface area contributed by atoms with Crippen LogP contribution in [-0.2, 0) is 17.9 Å². The largest absolute Gasteiger partial charge is 0.482 e. The summed E-state index contributed by atoms with van der Waals surface area (Å²) < 4.78 is 5.35. The van der Waals surface area contributed by atoms with Gasteiger partial charge in [-0.15, -0.1) is 0 Å². The molecule has 2 rings (SSSR count). The fourth-order valence-corrected chi connectivity index (χ4v) is 2.19. The molecule has 0 saturated carbocycles. The molecule has 4 nitrogen and oxygen atoms in total. The monoisotopic (exact) mass is 339 g/mol. The Morgan fingerprint density at radius 2 is 1.86 bits per heavy atom. The fourth-order valence-electron chi connectivity index (χ4n) is 1.86. The van der Waals surface area contributed by atoms with Gasteiger partial charge in [-0.3, -0.25) is 4.79 Å². The van der Waals surface area contributed by atoms with Gasteiger partial charge in [0.1, 0.15) is 5.75 Å². The van der Waals surface area contributed by atoms with Crippen molar-refractivity contribution in [2.24, 2.45) is 0 Å². The van der Waals surface area contributed by atoms with Crippen LogP contribution in [0.25, 0.3) is 0 Å². The number of nitrogens with one attached hydrogen (secondary N) is 1. The maximum absolute atomic E-state index is 11.8. The van der Waals surface area contributed by atoms with Crippen LogP contribution in [0, 0.1) is 0 Å². The van der Waals surface area contributed by atoms with Crippen LogP contribution >= 0.6 is 23.2 Å². The zero-order valence-corrected chi connectivity index (χ0v) is 13.2. The zero-order valence-electron chi connectivity index (χ0n) is 11.7. The van der Waals surface area contributed by atoms with Crippen LogP contribution in [0.15, 0.2) is 42.5 Å². The Bertz CT molecular complexity index is 662. The van der Waals surface area contributed by atoms with E-state index in [4.69, 9.17) is 27.9 Å². The lowest BCUT2D eigenvalue weighted by Crippen LogP contribution is -2.28. The molecular formula is C16H15Cl2NO3. The Kier molecular flexibility index (Phi) is 6.07. The molecule has 0 aliphatic rings. The third-order valence-electron chi connectivity index (χ3n) is 3.02. The van der Waals surface area contributed by atoms with Gasteiger partial charge in [-0.25, -0.2) is 0 Å². The standard InChI is InChI=1S/C16H15Cl2NO3/c17-13-5-6-14(18)15(7-13)22-10-16(21)19-8-11-3-1-2-4-12(11)9-20/h1-7,20H,8-10H2,(H,19,21). The minimum atomic E-state index is -0.288. The summed E-state index contributed by atoms with van der Waals surface area (Å²) in [4.78, 5) is 11.8. The molecule has 0 unspecified atom stereocenters. The van der Waals surface area contributed by atoms with Crippen molar-refractivity contribution in [2.75, 3.05) is 6.61 Å². The Morgan fingerprint density at radius 3 is 2.59 bits per heavy atom. The molecule has 0 aliphatic heterocycles. The van der Waals surface area contributed by atoms with Gasteiger partial charge in [-0.2, -0.15) is 0 Å². The van der Waals surface area contributed by atoms with Gasteiger partial charge in [-0.1, -0.05) is 47.5 Å². The van der Waals surface area contributed by atoms with E-state index in [-0.39, 0.29) is 19.1 Å². The maximum atomic E-state index is 11.8. The SMILES string of the molecule is O=C(COc1cc(Cl)ccc1Cl)NCc1ccccc1CO. The Balaban J connectivity index is 1.87. The van der Waals surface area contributed by atoms with Crippen LogP contribution in [0.4, 0.5) is 0 Å². The molecule has 0 atom stereocenters. The molecule has 1 amide bonds. The van der Waals surface area contributed by atoms with E-state index < -0.39 is 0 Å². The molecule has 0 heterocycles. The van der Waals surface area contributed by atoms with Gasteiger partial charge in [0.15, 0.2) is 6.61 Å². The van der Waals surface area contributed by atoms with Crippen molar-refractivity contribution >= 4 is 29.1 Å². The first kappa shape index (κ1) is 16.6. The van der Waals surface area contributed by atoms with Gasteiger partial charge in [0.05, 0.1) is 11.6 Å². The average Bonchev–Trinajstić information content (AvgIpc) is 2.54. The minimum absolute atomic E-state index is 0.0688. The first-order valence-electron chi connectivity index (χ1n) is 6.62. The molecule has 2 N–H and O–H groups in total. The molecule has 0 bridgehead atoms. The summed E-state index contributed by atoms with van der Waals surface area (Å²) in [5.74, 6) is 0.0730. The lowest BCUT2D eigenvalue weighted by atomic mass is 10.1. The lowest BCUT2D eigenvalue weighted by molar-refractivity contribution is -0.123. The quantitative estimate of drug-likeness (QED) is 0.849. The average molecular weight is 340 g/mol. The maximum Gasteiger partial charge on any atom is 0.258 e. The van der Waals surface area contributed by atoms with E-state index in [1.165, 1.54) is 0 Å². The van der Waals surface area contributed by atoms with Crippen LogP contribution in [0.3, 0.4) is 0 Å². The number of carbonyl (C=O) groups excluding carboxylic acids is 1. The molecule has 0 spiro atoms. The molecule has 2 aromatic rings. The van der Waals surface area contributed by atoms with E-state index in [0.717, 1.165) is 11.1 Å². The second-order valence-corrected chi connectivity index (χ2v) is 5.41. The molecular weight excluding hydrogens is 325 g/mol. The molecule has 2 aromatic carbocycles. The number of rotatable bonds is 6. The number of hydrogen-bond donors (Lipinski definition) is 2. The molecule has 0 fully saturated rings. The number of aliphatic hydroxyl groups excluding tert-OH is 1. The Morgan fingerprint density at radius 1 is 1.14 bits per heavy atom. The summed E-state index contributed by atoms with van der Waals surface area (Å²) in [5.41, 5.74) is 1.64. The van der Waals surface area contributed by atoms with Crippen LogP contribution in [-0.4, -0.2) is 17.6 Å². The van der Waals surface area contributed by atoms with Crippen molar-refractivity contribution in [3.05, 3.63) is 63.6 Å². The fraction of sp³-hybridized carbons (Fsp3) is 0.188. The molecule has 0 saturated heterocycles. The molecule has 6 heteroatoms. The second kappa shape index (κ2) is 8.03. The summed E-state index contributed by atoms with van der Waals surface area (Å²) in [6.45, 7) is 0.0875. The molecule has 0 aliphatic carbocycles. The van der Waals surface area contributed by atoms with Crippen LogP contribution in [0.1, 0.15) is 11.1 Å². The van der Waals surface area contributed by atoms with Gasteiger partial charge >= 0.3 is 0 Å². The molecule has 22 heavy (non-hydrogen) atoms. The van der Waals surface area contributed by atoms with Crippen molar-refractivity contribution in [3.63, 3.8) is 0 Å². The highest BCUT2D eigenvalue weighted by Gasteiger charge is 2.08. The number of halogens is 2. The normalized spacial score (nSPS) is 10.3. The Labute approximate surface area is 138 Å². The third-order valence-corrected chi connectivity index (χ3v) is 3.56. The summed E-state index contributed by atoms with van der Waals surface area (Å²) in [6.07, 6.45) is 0. The van der Waals surface area contributed by atoms with Crippen molar-refractivity contribution in [1.82, 2.24) is 5.32 Å². The van der Waals surface area contributed by atoms with Crippen LogP contribution < -0.4 is 10.1 Å². The summed E-state index contributed by atoms with van der Waals surface area (Å²) in [6, 6.07) is 12.1. The van der Waals surface area contributed by atoms with E-state index >= 15 is 0 Å². The number of carbonyl (C=O) groups is 1. The highest BCUT2D eigenvalue weighted by Crippen LogP contribution is 2.27. The van der Waals surface area contributed by atoms with Crippen LogP contribution in [0.5, 0.6) is 5.75 Å². The van der Waals surface area contributed by atoms with Gasteiger partial charge in [0.2, 0.25) is 0 Å². The zero-order chi connectivity index (χ0) is 15.9. The Hall–Kier alpha value is -1.75. The highest BCUT2D eigenvalue weighted by molar-refractivity contribution is 6.34. The predicted octanol–water partition coefficient (Wildman–Crippen LogP) is 3.18. The topological polar surface area (TPSA) is 58.6 Å². The van der Waals surface area contributed by atoms with Gasteiger partial charge in [-0.05, 0) is 23.3 Å². The number of benzene rings is 2. The summed E-state index contributed by atoms with van der Waals surface area (Å²) in [7, 11) is 0. The van der Waals surface area contributed by atoms with E-state index in [2.05, 4.69) is 5.32 Å². The van der Waals surface area contributed by atoms with Gasteiger partial charge < -0.3 is 15.2 Å². The van der Waals surface area contributed by atoms with E-state index in [1.54, 1.807) is 18.2 Å². The lowest BCUT2D eigenvalue weighted by Gasteiger charge is -2.10. The van der Waals surface area contributed by atoms with Crippen molar-refractivity contribution in [3.8, 4) is 5.75 Å². The predicted molar refractivity (Wildman–Crippen MR) is 86.2 cm³/mol. The smallest absolute Gasteiger partial charge is 0.258 e. The summed E-state index contributed by atoms with van der Waals surface area (Å²) in [5, 5.41) is 12.8. The number of hydrogen-bond acceptors (Lipinski definition) is 3. The highest BCUT2D eigenvalue weighted by atomic mass is 35.5. The van der Waals surface area contributed by atoms with Crippen molar-refractivity contribution < 1.29 is 14.6 Å². The number of amides is 1. The molecule has 0 radical (unpaired) electrons. The number of ether oxygens (including phenoxy) is 1. The third kappa shape index (κ3) is 4.63. The van der Waals surface area contributed by atoms with E-state index in [9.17, 15) is 9.90 Å². The molecule has 0 aromatic heterocycles. The van der Waals surface area contributed by atoms with Gasteiger partial charge in [0.25, 0.3) is 5.91 Å². The first-order chi connectivity index (χ1) is 10.6. The minimum Gasteiger partial charge on any atom is -0.482 e. The van der Waals surface area contributed by atoms with Crippen molar-refractivity contribution in [1.29, 1.82) is 0 Å². The van der Waals surface area contributed by atoms with E-state index in [0.29, 0.717) is 22.3 Å². The van der Waals surface area contributed by atoms with Crippen LogP contribution in [0.2, 0.25) is 10.0 Å². The first-order valence-corrected chi connectivity index (χ1v) is 7.38.